The van der Waals surface area contributed by atoms with Crippen molar-refractivity contribution in [2.24, 2.45) is 0 Å². The molecule has 1 aromatic carbocycles. The third-order valence-corrected chi connectivity index (χ3v) is 0.962. The van der Waals surface area contributed by atoms with Crippen molar-refractivity contribution < 1.29 is 8.78 Å². The maximum Gasteiger partial charge on any atom is 0.148 e. The summed E-state index contributed by atoms with van der Waals surface area (Å²) in [5.74, 6) is -1.32. The van der Waals surface area contributed by atoms with Crippen LogP contribution in [-0.2, 0) is 0 Å². The standard InChI is InChI=1S/C6H5F2N.C2H6/c7-4-1-2-6(9)5(8)3-4;1-2/h1-3H,9H2;1-2H3. The van der Waals surface area contributed by atoms with E-state index in [9.17, 15) is 8.78 Å². The summed E-state index contributed by atoms with van der Waals surface area (Å²) in [7, 11) is 0. The molecule has 0 aliphatic carbocycles. The van der Waals surface area contributed by atoms with Crippen LogP contribution >= 0.6 is 0 Å². The summed E-state index contributed by atoms with van der Waals surface area (Å²) >= 11 is 0. The van der Waals surface area contributed by atoms with E-state index in [0.29, 0.717) is 0 Å². The van der Waals surface area contributed by atoms with Crippen LogP contribution in [0.4, 0.5) is 14.5 Å². The molecule has 3 heteroatoms. The molecule has 0 amide bonds. The molecule has 0 heterocycles. The van der Waals surface area contributed by atoms with E-state index in [2.05, 4.69) is 0 Å². The molecule has 0 atom stereocenters. The number of rotatable bonds is 0. The second-order valence-electron chi connectivity index (χ2n) is 1.67. The Morgan fingerprint density at radius 1 is 1.18 bits per heavy atom. The number of halogens is 2. The molecule has 0 bridgehead atoms. The van der Waals surface area contributed by atoms with Gasteiger partial charge in [-0.15, -0.1) is 0 Å². The van der Waals surface area contributed by atoms with Crippen LogP contribution in [0.25, 0.3) is 0 Å². The normalized spacial score (nSPS) is 8.36. The largest absolute Gasteiger partial charge is 0.396 e. The molecule has 0 aromatic heterocycles. The van der Waals surface area contributed by atoms with E-state index in [1.165, 1.54) is 6.07 Å². The van der Waals surface area contributed by atoms with E-state index in [1.807, 2.05) is 13.8 Å². The highest BCUT2D eigenvalue weighted by atomic mass is 19.1. The molecule has 0 aliphatic rings. The van der Waals surface area contributed by atoms with E-state index in [1.54, 1.807) is 0 Å². The van der Waals surface area contributed by atoms with E-state index < -0.39 is 11.6 Å². The predicted molar refractivity (Wildman–Crippen MR) is 42.1 cm³/mol. The fourth-order valence-corrected chi connectivity index (χ4v) is 0.502. The molecular weight excluding hydrogens is 148 g/mol. The Hall–Kier alpha value is -1.12. The minimum atomic E-state index is -0.713. The number of nitrogens with two attached hydrogens (primary N) is 1. The van der Waals surface area contributed by atoms with Gasteiger partial charge in [0, 0.05) is 6.07 Å². The van der Waals surface area contributed by atoms with E-state index in [-0.39, 0.29) is 5.69 Å². The van der Waals surface area contributed by atoms with Gasteiger partial charge in [-0.2, -0.15) is 0 Å². The molecule has 0 spiro atoms. The van der Waals surface area contributed by atoms with Crippen molar-refractivity contribution in [3.63, 3.8) is 0 Å². The molecule has 0 fully saturated rings. The Morgan fingerprint density at radius 2 is 1.73 bits per heavy atom. The molecule has 62 valence electrons. The monoisotopic (exact) mass is 159 g/mol. The lowest BCUT2D eigenvalue weighted by atomic mass is 10.3. The lowest BCUT2D eigenvalue weighted by Crippen LogP contribution is -1.89. The van der Waals surface area contributed by atoms with Crippen molar-refractivity contribution in [3.05, 3.63) is 29.8 Å². The van der Waals surface area contributed by atoms with Crippen molar-refractivity contribution >= 4 is 5.69 Å². The average Bonchev–Trinajstić information content (AvgIpc) is 2.02. The number of benzene rings is 1. The molecule has 0 saturated heterocycles. The first-order valence-corrected chi connectivity index (χ1v) is 3.40. The zero-order chi connectivity index (χ0) is 8.85. The van der Waals surface area contributed by atoms with Gasteiger partial charge in [0.05, 0.1) is 5.69 Å². The topological polar surface area (TPSA) is 26.0 Å². The molecule has 0 radical (unpaired) electrons. The highest BCUT2D eigenvalue weighted by molar-refractivity contribution is 5.38. The lowest BCUT2D eigenvalue weighted by Gasteiger charge is -1.92. The summed E-state index contributed by atoms with van der Waals surface area (Å²) in [6.07, 6.45) is 0. The Bertz CT molecular complexity index is 223. The van der Waals surface area contributed by atoms with Crippen molar-refractivity contribution in [1.29, 1.82) is 0 Å². The first kappa shape index (κ1) is 9.88. The van der Waals surface area contributed by atoms with Gasteiger partial charge in [0.1, 0.15) is 11.6 Å². The van der Waals surface area contributed by atoms with Crippen LogP contribution in [0.2, 0.25) is 0 Å². The quantitative estimate of drug-likeness (QED) is 0.578. The Morgan fingerprint density at radius 3 is 2.09 bits per heavy atom. The minimum Gasteiger partial charge on any atom is -0.396 e. The first-order chi connectivity index (χ1) is 5.20. The Balaban J connectivity index is 0.000000461. The van der Waals surface area contributed by atoms with Gasteiger partial charge in [-0.1, -0.05) is 13.8 Å². The molecule has 1 rings (SSSR count). The smallest absolute Gasteiger partial charge is 0.148 e. The van der Waals surface area contributed by atoms with Crippen molar-refractivity contribution in [3.8, 4) is 0 Å². The van der Waals surface area contributed by atoms with Gasteiger partial charge in [-0.25, -0.2) is 8.78 Å². The number of hydrogen-bond donors (Lipinski definition) is 1. The molecule has 0 aliphatic heterocycles. The number of hydrogen-bond acceptors (Lipinski definition) is 1. The lowest BCUT2D eigenvalue weighted by molar-refractivity contribution is 0.586. The van der Waals surface area contributed by atoms with Crippen LogP contribution in [0.3, 0.4) is 0 Å². The van der Waals surface area contributed by atoms with Crippen LogP contribution in [0, 0.1) is 11.6 Å². The predicted octanol–water partition coefficient (Wildman–Crippen LogP) is 2.57. The van der Waals surface area contributed by atoms with Gasteiger partial charge in [0.25, 0.3) is 0 Å². The zero-order valence-corrected chi connectivity index (χ0v) is 6.57. The molecule has 11 heavy (non-hydrogen) atoms. The van der Waals surface area contributed by atoms with Crippen LogP contribution in [0.5, 0.6) is 0 Å². The molecular formula is C8H11F2N. The molecule has 2 N–H and O–H groups in total. The summed E-state index contributed by atoms with van der Waals surface area (Å²) < 4.78 is 24.3. The molecule has 1 aromatic rings. The Labute approximate surface area is 64.8 Å². The van der Waals surface area contributed by atoms with Gasteiger partial charge >= 0.3 is 0 Å². The summed E-state index contributed by atoms with van der Waals surface area (Å²) in [6, 6.07) is 3.04. The van der Waals surface area contributed by atoms with Crippen molar-refractivity contribution in [1.82, 2.24) is 0 Å². The zero-order valence-electron chi connectivity index (χ0n) is 6.57. The summed E-state index contributed by atoms with van der Waals surface area (Å²) in [5, 5.41) is 0. The number of anilines is 1. The van der Waals surface area contributed by atoms with E-state index >= 15 is 0 Å². The second-order valence-corrected chi connectivity index (χ2v) is 1.67. The summed E-state index contributed by atoms with van der Waals surface area (Å²) in [4.78, 5) is 0. The summed E-state index contributed by atoms with van der Waals surface area (Å²) in [6.45, 7) is 4.00. The van der Waals surface area contributed by atoms with Gasteiger partial charge in [-0.05, 0) is 12.1 Å². The average molecular weight is 159 g/mol. The third-order valence-electron chi connectivity index (χ3n) is 0.962. The Kier molecular flexibility index (Phi) is 4.18. The number of nitrogen functional groups attached to an aromatic ring is 1. The molecule has 0 unspecified atom stereocenters. The van der Waals surface area contributed by atoms with Crippen LogP contribution < -0.4 is 5.73 Å². The highest BCUT2D eigenvalue weighted by Crippen LogP contribution is 2.09. The second kappa shape index (κ2) is 4.66. The van der Waals surface area contributed by atoms with Crippen molar-refractivity contribution in [2.75, 3.05) is 5.73 Å². The third kappa shape index (κ3) is 2.98. The van der Waals surface area contributed by atoms with Crippen LogP contribution in [0.1, 0.15) is 13.8 Å². The molecule has 1 nitrogen and oxygen atoms in total. The van der Waals surface area contributed by atoms with Gasteiger partial charge in [0.2, 0.25) is 0 Å². The summed E-state index contributed by atoms with van der Waals surface area (Å²) in [5.41, 5.74) is 5.02. The fraction of sp³-hybridized carbons (Fsp3) is 0.250. The van der Waals surface area contributed by atoms with Gasteiger partial charge in [-0.3, -0.25) is 0 Å². The maximum atomic E-state index is 12.2. The fourth-order valence-electron chi connectivity index (χ4n) is 0.502. The van der Waals surface area contributed by atoms with Crippen LogP contribution in [-0.4, -0.2) is 0 Å². The minimum absolute atomic E-state index is 0.0311. The SMILES string of the molecule is CC.Nc1ccc(F)cc1F. The van der Waals surface area contributed by atoms with Gasteiger partial charge < -0.3 is 5.73 Å². The van der Waals surface area contributed by atoms with Crippen molar-refractivity contribution in [2.45, 2.75) is 13.8 Å². The highest BCUT2D eigenvalue weighted by Gasteiger charge is 1.96. The van der Waals surface area contributed by atoms with Crippen LogP contribution in [0.15, 0.2) is 18.2 Å². The van der Waals surface area contributed by atoms with E-state index in [4.69, 9.17) is 5.73 Å². The maximum absolute atomic E-state index is 12.2. The first-order valence-electron chi connectivity index (χ1n) is 3.40. The van der Waals surface area contributed by atoms with Gasteiger partial charge in [0.15, 0.2) is 0 Å². The van der Waals surface area contributed by atoms with E-state index in [0.717, 1.165) is 12.1 Å². The molecule has 0 saturated carbocycles.